The van der Waals surface area contributed by atoms with E-state index in [0.717, 1.165) is 23.8 Å². The minimum atomic E-state index is 0.793. The summed E-state index contributed by atoms with van der Waals surface area (Å²) in [5, 5.41) is 3.81. The second-order valence-corrected chi connectivity index (χ2v) is 7.25. The molecule has 2 nitrogen and oxygen atoms in total. The number of rotatable bonds is 5. The molecule has 1 aliphatic carbocycles. The van der Waals surface area contributed by atoms with Crippen molar-refractivity contribution < 1.29 is 0 Å². The molecule has 0 amide bonds. The summed E-state index contributed by atoms with van der Waals surface area (Å²) < 4.78 is 0. The number of nitrogens with zero attached hydrogens (tertiary/aromatic N) is 1. The molecule has 0 spiro atoms. The fraction of sp³-hybridized carbons (Fsp3) is 1.00. The van der Waals surface area contributed by atoms with Gasteiger partial charge in [0.15, 0.2) is 0 Å². The highest BCUT2D eigenvalue weighted by atomic mass is 15.1. The molecule has 2 fully saturated rings. The highest BCUT2D eigenvalue weighted by molar-refractivity contribution is 4.79. The maximum absolute atomic E-state index is 3.81. The van der Waals surface area contributed by atoms with Gasteiger partial charge in [-0.15, -0.1) is 0 Å². The Hall–Kier alpha value is -0.0800. The van der Waals surface area contributed by atoms with Gasteiger partial charge in [-0.3, -0.25) is 0 Å². The molecule has 0 bridgehead atoms. The van der Waals surface area contributed by atoms with Crippen LogP contribution in [-0.4, -0.2) is 37.1 Å². The zero-order valence-electron chi connectivity index (χ0n) is 13.3. The summed E-state index contributed by atoms with van der Waals surface area (Å²) in [6.45, 7) is 12.3. The SMILES string of the molecule is CC(C)C1CCN(CCNC2CCCCC2C)CC1. The molecule has 2 heteroatoms. The number of piperidine rings is 1. The Morgan fingerprint density at radius 3 is 2.37 bits per heavy atom. The van der Waals surface area contributed by atoms with Crippen LogP contribution in [0.5, 0.6) is 0 Å². The summed E-state index contributed by atoms with van der Waals surface area (Å²) in [5.74, 6) is 2.74. The Labute approximate surface area is 120 Å². The molecule has 1 heterocycles. The minimum absolute atomic E-state index is 0.793. The first-order valence-corrected chi connectivity index (χ1v) is 8.62. The van der Waals surface area contributed by atoms with Crippen LogP contribution in [0.3, 0.4) is 0 Å². The van der Waals surface area contributed by atoms with Crippen LogP contribution in [0, 0.1) is 17.8 Å². The van der Waals surface area contributed by atoms with Crippen molar-refractivity contribution in [3.05, 3.63) is 0 Å². The molecule has 1 aliphatic heterocycles. The maximum atomic E-state index is 3.81. The van der Waals surface area contributed by atoms with Gasteiger partial charge in [-0.1, -0.05) is 33.6 Å². The van der Waals surface area contributed by atoms with Crippen LogP contribution in [0.2, 0.25) is 0 Å². The first kappa shape index (κ1) is 15.3. The fourth-order valence-corrected chi connectivity index (χ4v) is 3.87. The lowest BCUT2D eigenvalue weighted by Crippen LogP contribution is -2.43. The number of hydrogen-bond donors (Lipinski definition) is 1. The van der Waals surface area contributed by atoms with Crippen LogP contribution in [0.25, 0.3) is 0 Å². The van der Waals surface area contributed by atoms with Crippen molar-refractivity contribution in [2.45, 2.75) is 65.3 Å². The Balaban J connectivity index is 1.59. The summed E-state index contributed by atoms with van der Waals surface area (Å²) in [6, 6.07) is 0.793. The van der Waals surface area contributed by atoms with Crippen molar-refractivity contribution in [3.63, 3.8) is 0 Å². The highest BCUT2D eigenvalue weighted by Crippen LogP contribution is 2.25. The van der Waals surface area contributed by atoms with E-state index in [1.165, 1.54) is 64.7 Å². The van der Waals surface area contributed by atoms with Crippen molar-refractivity contribution >= 4 is 0 Å². The largest absolute Gasteiger partial charge is 0.312 e. The topological polar surface area (TPSA) is 15.3 Å². The molecule has 2 rings (SSSR count). The van der Waals surface area contributed by atoms with Crippen molar-refractivity contribution in [2.24, 2.45) is 17.8 Å². The second kappa shape index (κ2) is 7.64. The van der Waals surface area contributed by atoms with Crippen molar-refractivity contribution in [2.75, 3.05) is 26.2 Å². The van der Waals surface area contributed by atoms with Gasteiger partial charge < -0.3 is 10.2 Å². The van der Waals surface area contributed by atoms with Gasteiger partial charge in [-0.25, -0.2) is 0 Å². The third-order valence-corrected chi connectivity index (χ3v) is 5.52. The van der Waals surface area contributed by atoms with Gasteiger partial charge in [0.2, 0.25) is 0 Å². The van der Waals surface area contributed by atoms with Gasteiger partial charge >= 0.3 is 0 Å². The first-order valence-electron chi connectivity index (χ1n) is 8.62. The van der Waals surface area contributed by atoms with E-state index in [1.54, 1.807) is 0 Å². The van der Waals surface area contributed by atoms with E-state index in [-0.39, 0.29) is 0 Å². The Kier molecular flexibility index (Phi) is 6.15. The zero-order valence-corrected chi connectivity index (χ0v) is 13.3. The summed E-state index contributed by atoms with van der Waals surface area (Å²) in [5.41, 5.74) is 0. The van der Waals surface area contributed by atoms with E-state index in [9.17, 15) is 0 Å². The predicted octanol–water partition coefficient (Wildman–Crippen LogP) is 3.52. The molecule has 0 aromatic heterocycles. The van der Waals surface area contributed by atoms with Crippen molar-refractivity contribution in [1.29, 1.82) is 0 Å². The lowest BCUT2D eigenvalue weighted by Gasteiger charge is -2.35. The fourth-order valence-electron chi connectivity index (χ4n) is 3.87. The quantitative estimate of drug-likeness (QED) is 0.819. The number of nitrogens with one attached hydrogen (secondary N) is 1. The summed E-state index contributed by atoms with van der Waals surface area (Å²) >= 11 is 0. The van der Waals surface area contributed by atoms with Crippen LogP contribution < -0.4 is 5.32 Å². The van der Waals surface area contributed by atoms with Crippen LogP contribution in [0.1, 0.15) is 59.3 Å². The van der Waals surface area contributed by atoms with Crippen LogP contribution in [0.4, 0.5) is 0 Å². The molecular formula is C17H34N2. The molecule has 0 radical (unpaired) electrons. The van der Waals surface area contributed by atoms with Crippen LogP contribution in [-0.2, 0) is 0 Å². The van der Waals surface area contributed by atoms with E-state index in [0.29, 0.717) is 0 Å². The molecule has 2 unspecified atom stereocenters. The molecule has 0 aromatic carbocycles. The Morgan fingerprint density at radius 2 is 1.74 bits per heavy atom. The van der Waals surface area contributed by atoms with Gasteiger partial charge in [0.1, 0.15) is 0 Å². The third-order valence-electron chi connectivity index (χ3n) is 5.52. The van der Waals surface area contributed by atoms with Gasteiger partial charge in [0.25, 0.3) is 0 Å². The number of likely N-dealkylation sites (tertiary alicyclic amines) is 1. The van der Waals surface area contributed by atoms with Crippen LogP contribution >= 0.6 is 0 Å². The van der Waals surface area contributed by atoms with Gasteiger partial charge in [0.05, 0.1) is 0 Å². The molecule has 19 heavy (non-hydrogen) atoms. The van der Waals surface area contributed by atoms with Gasteiger partial charge in [0, 0.05) is 19.1 Å². The summed E-state index contributed by atoms with van der Waals surface area (Å²) in [6.07, 6.45) is 8.53. The molecule has 0 aromatic rings. The third kappa shape index (κ3) is 4.75. The van der Waals surface area contributed by atoms with E-state index in [2.05, 4.69) is 31.0 Å². The maximum Gasteiger partial charge on any atom is 0.0107 e. The highest BCUT2D eigenvalue weighted by Gasteiger charge is 2.23. The lowest BCUT2D eigenvalue weighted by molar-refractivity contribution is 0.154. The summed E-state index contributed by atoms with van der Waals surface area (Å²) in [7, 11) is 0. The predicted molar refractivity (Wildman–Crippen MR) is 83.4 cm³/mol. The molecule has 1 saturated carbocycles. The van der Waals surface area contributed by atoms with Crippen molar-refractivity contribution in [1.82, 2.24) is 10.2 Å². The van der Waals surface area contributed by atoms with Gasteiger partial charge in [-0.05, 0) is 56.5 Å². The smallest absolute Gasteiger partial charge is 0.0107 e. The monoisotopic (exact) mass is 266 g/mol. The molecule has 2 atom stereocenters. The van der Waals surface area contributed by atoms with E-state index >= 15 is 0 Å². The molecule has 112 valence electrons. The first-order chi connectivity index (χ1) is 9.16. The average Bonchev–Trinajstić information content (AvgIpc) is 2.41. The molecule has 1 N–H and O–H groups in total. The van der Waals surface area contributed by atoms with Gasteiger partial charge in [-0.2, -0.15) is 0 Å². The number of hydrogen-bond acceptors (Lipinski definition) is 2. The molecule has 2 aliphatic rings. The van der Waals surface area contributed by atoms with E-state index in [4.69, 9.17) is 0 Å². The normalized spacial score (nSPS) is 30.9. The summed E-state index contributed by atoms with van der Waals surface area (Å²) in [4.78, 5) is 2.67. The molecule has 1 saturated heterocycles. The van der Waals surface area contributed by atoms with Crippen LogP contribution in [0.15, 0.2) is 0 Å². The minimum Gasteiger partial charge on any atom is -0.312 e. The Morgan fingerprint density at radius 1 is 1.05 bits per heavy atom. The second-order valence-electron chi connectivity index (χ2n) is 7.25. The molecular weight excluding hydrogens is 232 g/mol. The Bertz CT molecular complexity index is 244. The standard InChI is InChI=1S/C17H34N2/c1-14(2)16-8-11-19(12-9-16)13-10-18-17-7-5-4-6-15(17)3/h14-18H,4-13H2,1-3H3. The zero-order chi connectivity index (χ0) is 13.7. The average molecular weight is 266 g/mol. The van der Waals surface area contributed by atoms with Crippen molar-refractivity contribution in [3.8, 4) is 0 Å². The van der Waals surface area contributed by atoms with E-state index < -0.39 is 0 Å². The van der Waals surface area contributed by atoms with E-state index in [1.807, 2.05) is 0 Å². The lowest BCUT2D eigenvalue weighted by atomic mass is 9.86.